The maximum atomic E-state index is 13.4. The Hall–Kier alpha value is -3.78. The van der Waals surface area contributed by atoms with Crippen LogP contribution in [0.4, 0.5) is 5.82 Å². The van der Waals surface area contributed by atoms with Crippen molar-refractivity contribution in [2.24, 2.45) is 0 Å². The van der Waals surface area contributed by atoms with Crippen LogP contribution in [0.1, 0.15) is 42.5 Å². The molecule has 0 spiro atoms. The highest BCUT2D eigenvalue weighted by Crippen LogP contribution is 2.29. The summed E-state index contributed by atoms with van der Waals surface area (Å²) in [5.74, 6) is -0.753. The Morgan fingerprint density at radius 1 is 1.14 bits per heavy atom. The van der Waals surface area contributed by atoms with Gasteiger partial charge in [0.1, 0.15) is 6.54 Å². The number of aromatic nitrogens is 2. The van der Waals surface area contributed by atoms with Crippen molar-refractivity contribution >= 4 is 17.6 Å². The second-order valence-electron chi connectivity index (χ2n) is 8.91. The van der Waals surface area contributed by atoms with E-state index in [1.54, 1.807) is 14.0 Å². The summed E-state index contributed by atoms with van der Waals surface area (Å²) in [6.07, 6.45) is 4.37. The minimum atomic E-state index is -0.526. The molecule has 2 atom stereocenters. The van der Waals surface area contributed by atoms with Crippen LogP contribution in [0, 0.1) is 6.92 Å². The van der Waals surface area contributed by atoms with Crippen LogP contribution in [0.5, 0.6) is 0 Å². The van der Waals surface area contributed by atoms with Crippen molar-refractivity contribution in [2.45, 2.75) is 51.7 Å². The zero-order chi connectivity index (χ0) is 24.9. The lowest BCUT2D eigenvalue weighted by atomic mass is 9.88. The van der Waals surface area contributed by atoms with Gasteiger partial charge in [-0.1, -0.05) is 48.5 Å². The second kappa shape index (κ2) is 10.7. The molecule has 2 aromatic carbocycles. The molecule has 3 aromatic rings. The smallest absolute Gasteiger partial charge is 0.294 e. The van der Waals surface area contributed by atoms with Crippen molar-refractivity contribution in [3.05, 3.63) is 81.8 Å². The van der Waals surface area contributed by atoms with Crippen LogP contribution in [0.25, 0.3) is 11.3 Å². The van der Waals surface area contributed by atoms with Crippen molar-refractivity contribution in [3.63, 3.8) is 0 Å². The molecule has 0 saturated heterocycles. The van der Waals surface area contributed by atoms with Crippen molar-refractivity contribution in [1.29, 1.82) is 0 Å². The quantitative estimate of drug-likeness (QED) is 0.489. The summed E-state index contributed by atoms with van der Waals surface area (Å²) in [5, 5.41) is 8.54. The highest BCUT2D eigenvalue weighted by atomic mass is 16.2. The number of carbonyl (C=O) groups excluding carboxylic acids is 2. The third-order valence-corrected chi connectivity index (χ3v) is 6.55. The van der Waals surface area contributed by atoms with E-state index in [0.29, 0.717) is 5.69 Å². The Balaban J connectivity index is 1.67. The predicted octanol–water partition coefficient (Wildman–Crippen LogP) is 2.96. The molecule has 0 fully saturated rings. The number of anilines is 1. The van der Waals surface area contributed by atoms with Gasteiger partial charge in [-0.05, 0) is 56.8 Å². The average molecular weight is 474 g/mol. The molecule has 1 aromatic heterocycles. The number of nitrogens with zero attached hydrogens (tertiary/aromatic N) is 2. The molecular formula is C27H31N5O3. The van der Waals surface area contributed by atoms with E-state index in [1.807, 2.05) is 49.4 Å². The molecule has 2 unspecified atom stereocenters. The van der Waals surface area contributed by atoms with Crippen LogP contribution in [0.15, 0.2) is 59.5 Å². The van der Waals surface area contributed by atoms with Crippen molar-refractivity contribution < 1.29 is 9.59 Å². The van der Waals surface area contributed by atoms with E-state index in [1.165, 1.54) is 16.3 Å². The first-order valence-corrected chi connectivity index (χ1v) is 11.9. The highest BCUT2D eigenvalue weighted by Gasteiger charge is 2.23. The number of fused-ring (bicyclic) bond motifs is 1. The minimum Gasteiger partial charge on any atom is -0.348 e. The summed E-state index contributed by atoms with van der Waals surface area (Å²) < 4.78 is 1.39. The third-order valence-electron chi connectivity index (χ3n) is 6.55. The van der Waals surface area contributed by atoms with Gasteiger partial charge in [-0.25, -0.2) is 4.98 Å². The second-order valence-corrected chi connectivity index (χ2v) is 8.91. The van der Waals surface area contributed by atoms with E-state index < -0.39 is 11.6 Å². The lowest BCUT2D eigenvalue weighted by Crippen LogP contribution is -2.40. The number of likely N-dealkylation sites (N-methyl/N-ethyl adjacent to an activating group) is 1. The molecule has 0 saturated carbocycles. The highest BCUT2D eigenvalue weighted by molar-refractivity contribution is 5.93. The van der Waals surface area contributed by atoms with E-state index in [2.05, 4.69) is 27.0 Å². The molecule has 0 radical (unpaired) electrons. The molecule has 2 amide bonds. The largest absolute Gasteiger partial charge is 0.348 e. The van der Waals surface area contributed by atoms with E-state index >= 15 is 0 Å². The first kappa shape index (κ1) is 24.3. The summed E-state index contributed by atoms with van der Waals surface area (Å²) in [6.45, 7) is 3.44. The summed E-state index contributed by atoms with van der Waals surface area (Å²) in [6, 6.07) is 15.2. The van der Waals surface area contributed by atoms with E-state index in [0.717, 1.165) is 36.0 Å². The Morgan fingerprint density at radius 2 is 1.89 bits per heavy atom. The van der Waals surface area contributed by atoms with E-state index in [-0.39, 0.29) is 30.2 Å². The normalized spacial score (nSPS) is 15.7. The molecule has 1 aliphatic carbocycles. The van der Waals surface area contributed by atoms with Crippen LogP contribution < -0.4 is 21.5 Å². The van der Waals surface area contributed by atoms with E-state index in [4.69, 9.17) is 0 Å². The van der Waals surface area contributed by atoms with Gasteiger partial charge < -0.3 is 16.0 Å². The zero-order valence-corrected chi connectivity index (χ0v) is 20.3. The first-order valence-electron chi connectivity index (χ1n) is 11.9. The van der Waals surface area contributed by atoms with Gasteiger partial charge >= 0.3 is 0 Å². The average Bonchev–Trinajstić information content (AvgIpc) is 2.86. The fourth-order valence-electron chi connectivity index (χ4n) is 4.45. The molecule has 4 rings (SSSR count). The fourth-order valence-corrected chi connectivity index (χ4v) is 4.45. The molecule has 182 valence electrons. The van der Waals surface area contributed by atoms with Gasteiger partial charge in [-0.15, -0.1) is 0 Å². The Labute approximate surface area is 204 Å². The fraction of sp³-hybridized carbons (Fsp3) is 0.333. The van der Waals surface area contributed by atoms with Gasteiger partial charge in [-0.3, -0.25) is 19.0 Å². The predicted molar refractivity (Wildman–Crippen MR) is 136 cm³/mol. The number of benzene rings is 2. The van der Waals surface area contributed by atoms with Gasteiger partial charge in [0, 0.05) is 5.56 Å². The molecular weight excluding hydrogens is 442 g/mol. The van der Waals surface area contributed by atoms with E-state index in [9.17, 15) is 14.4 Å². The number of hydrogen-bond donors (Lipinski definition) is 3. The van der Waals surface area contributed by atoms with Crippen LogP contribution in [-0.2, 0) is 22.6 Å². The Morgan fingerprint density at radius 3 is 2.66 bits per heavy atom. The standard InChI is InChI=1S/C27H31N5O3/c1-17-9-4-6-12-20(17)23-15-29-25(31-26(34)18(2)28-3)27(35)32(23)16-24(33)30-22-14-8-11-19-10-5-7-13-21(19)22/h4-7,9-10,12-13,15,18,22,28H,8,11,14,16H2,1-3H3,(H,30,33)(H,29,31,34). The molecule has 3 N–H and O–H groups in total. The monoisotopic (exact) mass is 473 g/mol. The number of amides is 2. The lowest BCUT2D eigenvalue weighted by molar-refractivity contribution is -0.122. The van der Waals surface area contributed by atoms with Gasteiger partial charge in [0.25, 0.3) is 5.56 Å². The maximum absolute atomic E-state index is 13.4. The Bertz CT molecular complexity index is 1300. The van der Waals surface area contributed by atoms with Crippen LogP contribution in [0.2, 0.25) is 0 Å². The van der Waals surface area contributed by atoms with Crippen molar-refractivity contribution in [3.8, 4) is 11.3 Å². The van der Waals surface area contributed by atoms with Gasteiger partial charge in [0.2, 0.25) is 11.8 Å². The molecule has 1 heterocycles. The van der Waals surface area contributed by atoms with Gasteiger partial charge in [0.15, 0.2) is 5.82 Å². The first-order chi connectivity index (χ1) is 16.9. The van der Waals surface area contributed by atoms with Gasteiger partial charge in [-0.2, -0.15) is 0 Å². The molecule has 1 aliphatic rings. The van der Waals surface area contributed by atoms with Crippen molar-refractivity contribution in [2.75, 3.05) is 12.4 Å². The summed E-state index contributed by atoms with van der Waals surface area (Å²) >= 11 is 0. The number of aryl methyl sites for hydroxylation is 2. The molecule has 8 nitrogen and oxygen atoms in total. The van der Waals surface area contributed by atoms with Crippen LogP contribution in [0.3, 0.4) is 0 Å². The lowest BCUT2D eigenvalue weighted by Gasteiger charge is -2.26. The molecule has 35 heavy (non-hydrogen) atoms. The Kier molecular flexibility index (Phi) is 7.41. The number of nitrogens with one attached hydrogen (secondary N) is 3. The van der Waals surface area contributed by atoms with Gasteiger partial charge in [0.05, 0.1) is 24.0 Å². The number of carbonyl (C=O) groups is 2. The van der Waals surface area contributed by atoms with Crippen LogP contribution in [-0.4, -0.2) is 34.5 Å². The summed E-state index contributed by atoms with van der Waals surface area (Å²) in [4.78, 5) is 43.3. The number of rotatable bonds is 7. The van der Waals surface area contributed by atoms with Crippen LogP contribution >= 0.6 is 0 Å². The molecule has 0 aliphatic heterocycles. The maximum Gasteiger partial charge on any atom is 0.294 e. The third kappa shape index (κ3) is 5.33. The molecule has 8 heteroatoms. The molecule has 0 bridgehead atoms. The summed E-state index contributed by atoms with van der Waals surface area (Å²) in [5.41, 5.74) is 4.12. The number of hydrogen-bond acceptors (Lipinski definition) is 5. The topological polar surface area (TPSA) is 105 Å². The minimum absolute atomic E-state index is 0.0949. The summed E-state index contributed by atoms with van der Waals surface area (Å²) in [7, 11) is 1.66. The SMILES string of the molecule is CNC(C)C(=O)Nc1ncc(-c2ccccc2C)n(CC(=O)NC2CCCc3ccccc32)c1=O. The zero-order valence-electron chi connectivity index (χ0n) is 20.3. The van der Waals surface area contributed by atoms with Crippen molar-refractivity contribution in [1.82, 2.24) is 20.2 Å².